The van der Waals surface area contributed by atoms with Crippen LogP contribution in [0.25, 0.3) is 0 Å². The Hall–Kier alpha value is -1.31. The minimum absolute atomic E-state index is 0.112. The van der Waals surface area contributed by atoms with Gasteiger partial charge in [-0.2, -0.15) is 0 Å². The summed E-state index contributed by atoms with van der Waals surface area (Å²) in [6.07, 6.45) is 5.06. The molecule has 2 heteroatoms. The molecule has 0 aliphatic heterocycles. The molecule has 0 saturated heterocycles. The van der Waals surface area contributed by atoms with Crippen LogP contribution in [0.2, 0.25) is 0 Å². The topological polar surface area (TPSA) is 40.1 Å². The second-order valence-electron chi connectivity index (χ2n) is 4.53. The number of aliphatic carboxylic acids is 1. The second kappa shape index (κ2) is 7.10. The molecule has 0 aliphatic rings. The van der Waals surface area contributed by atoms with Crippen LogP contribution in [0.15, 0.2) is 18.2 Å². The summed E-state index contributed by atoms with van der Waals surface area (Å²) in [6.45, 7) is 4.32. The lowest BCUT2D eigenvalue weighted by Gasteiger charge is -2.09. The summed E-state index contributed by atoms with van der Waals surface area (Å²) in [4.78, 5) is 10.5. The minimum atomic E-state index is -0.970. The summed E-state index contributed by atoms with van der Waals surface area (Å²) in [5.41, 5.74) is 3.78. The monoisotopic (exact) mass is 233 g/mol. The molecule has 0 unspecified atom stereocenters. The molecule has 0 spiro atoms. The summed E-state index contributed by atoms with van der Waals surface area (Å²) in [6, 6.07) is 6.51. The van der Waals surface area contributed by atoms with Gasteiger partial charge in [0.05, 0.1) is 0 Å². The maximum absolute atomic E-state index is 10.5. The van der Waals surface area contributed by atoms with E-state index in [4.69, 9.17) is 0 Å². The van der Waals surface area contributed by atoms with Crippen molar-refractivity contribution in [3.63, 3.8) is 0 Å². The Morgan fingerprint density at radius 1 is 0.941 bits per heavy atom. The molecule has 0 amide bonds. The molecular weight excluding hydrogens is 212 g/mol. The van der Waals surface area contributed by atoms with Crippen LogP contribution in [0.4, 0.5) is 0 Å². The van der Waals surface area contributed by atoms with E-state index in [-0.39, 0.29) is 6.42 Å². The van der Waals surface area contributed by atoms with Gasteiger partial charge in [-0.3, -0.25) is 0 Å². The van der Waals surface area contributed by atoms with Crippen molar-refractivity contribution in [1.29, 1.82) is 0 Å². The first-order valence-corrected chi connectivity index (χ1v) is 6.47. The SMILES string of the molecule is CCCc1cc(CCC)cc(CCC(=O)[O-])c1. The highest BCUT2D eigenvalue weighted by Gasteiger charge is 2.01. The van der Waals surface area contributed by atoms with E-state index in [1.54, 1.807) is 0 Å². The van der Waals surface area contributed by atoms with Crippen molar-refractivity contribution in [1.82, 2.24) is 0 Å². The van der Waals surface area contributed by atoms with Gasteiger partial charge in [-0.25, -0.2) is 0 Å². The Bertz CT molecular complexity index is 345. The molecular formula is C15H21O2-. The van der Waals surface area contributed by atoms with E-state index in [1.165, 1.54) is 11.1 Å². The van der Waals surface area contributed by atoms with Gasteiger partial charge < -0.3 is 9.90 Å². The number of hydrogen-bond acceptors (Lipinski definition) is 2. The predicted octanol–water partition coefficient (Wildman–Crippen LogP) is 2.27. The number of aryl methyl sites for hydroxylation is 3. The Labute approximate surface area is 104 Å². The number of carboxylic acid groups (broad SMARTS) is 1. The van der Waals surface area contributed by atoms with Crippen molar-refractivity contribution in [2.75, 3.05) is 0 Å². The Kier molecular flexibility index (Phi) is 5.75. The van der Waals surface area contributed by atoms with Crippen molar-refractivity contribution in [2.45, 2.75) is 52.4 Å². The Balaban J connectivity index is 2.82. The molecule has 1 aromatic rings. The van der Waals surface area contributed by atoms with Crippen LogP contribution in [0.5, 0.6) is 0 Å². The summed E-state index contributed by atoms with van der Waals surface area (Å²) in [7, 11) is 0. The van der Waals surface area contributed by atoms with E-state index < -0.39 is 5.97 Å². The van der Waals surface area contributed by atoms with Crippen molar-refractivity contribution in [3.8, 4) is 0 Å². The van der Waals surface area contributed by atoms with Gasteiger partial charge >= 0.3 is 0 Å². The average Bonchev–Trinajstić information content (AvgIpc) is 2.27. The lowest BCUT2D eigenvalue weighted by Crippen LogP contribution is -2.22. The quantitative estimate of drug-likeness (QED) is 0.725. The summed E-state index contributed by atoms with van der Waals surface area (Å²) >= 11 is 0. The molecule has 0 bridgehead atoms. The fourth-order valence-electron chi connectivity index (χ4n) is 2.10. The van der Waals surface area contributed by atoms with Crippen LogP contribution in [-0.2, 0) is 24.1 Å². The van der Waals surface area contributed by atoms with Gasteiger partial charge in [-0.1, -0.05) is 44.9 Å². The van der Waals surface area contributed by atoms with Crippen LogP contribution in [-0.4, -0.2) is 5.97 Å². The zero-order chi connectivity index (χ0) is 12.7. The molecule has 1 aromatic carbocycles. The number of benzene rings is 1. The van der Waals surface area contributed by atoms with E-state index in [1.807, 2.05) is 0 Å². The Morgan fingerprint density at radius 2 is 1.35 bits per heavy atom. The molecule has 1 rings (SSSR count). The van der Waals surface area contributed by atoms with Crippen LogP contribution in [0.3, 0.4) is 0 Å². The number of rotatable bonds is 7. The van der Waals surface area contributed by atoms with Crippen LogP contribution in [0, 0.1) is 0 Å². The first kappa shape index (κ1) is 13.8. The first-order chi connectivity index (χ1) is 8.15. The van der Waals surface area contributed by atoms with Gasteiger partial charge in [-0.05, 0) is 42.4 Å². The molecule has 2 nitrogen and oxygen atoms in total. The summed E-state index contributed by atoms with van der Waals surface area (Å²) in [5.74, 6) is -0.970. The van der Waals surface area contributed by atoms with Gasteiger partial charge in [-0.15, -0.1) is 0 Å². The molecule has 94 valence electrons. The fourth-order valence-corrected chi connectivity index (χ4v) is 2.10. The summed E-state index contributed by atoms with van der Waals surface area (Å²) < 4.78 is 0. The molecule has 0 atom stereocenters. The highest BCUT2D eigenvalue weighted by Crippen LogP contribution is 2.15. The molecule has 0 heterocycles. The van der Waals surface area contributed by atoms with Gasteiger partial charge in [0.1, 0.15) is 0 Å². The van der Waals surface area contributed by atoms with Crippen LogP contribution < -0.4 is 5.11 Å². The van der Waals surface area contributed by atoms with Crippen molar-refractivity contribution in [2.24, 2.45) is 0 Å². The van der Waals surface area contributed by atoms with E-state index in [2.05, 4.69) is 32.0 Å². The van der Waals surface area contributed by atoms with Gasteiger partial charge in [0.2, 0.25) is 0 Å². The maximum Gasteiger partial charge on any atom is 0.0417 e. The van der Waals surface area contributed by atoms with Gasteiger partial charge in [0, 0.05) is 5.97 Å². The second-order valence-corrected chi connectivity index (χ2v) is 4.53. The number of hydrogen-bond donors (Lipinski definition) is 0. The van der Waals surface area contributed by atoms with E-state index >= 15 is 0 Å². The average molecular weight is 233 g/mol. The zero-order valence-electron chi connectivity index (χ0n) is 10.8. The zero-order valence-corrected chi connectivity index (χ0v) is 10.8. The lowest BCUT2D eigenvalue weighted by atomic mass is 9.98. The molecule has 0 aromatic heterocycles. The normalized spacial score (nSPS) is 10.5. The van der Waals surface area contributed by atoms with Crippen molar-refractivity contribution >= 4 is 5.97 Å². The lowest BCUT2D eigenvalue weighted by molar-refractivity contribution is -0.305. The number of carbonyl (C=O) groups is 1. The molecule has 0 radical (unpaired) electrons. The predicted molar refractivity (Wildman–Crippen MR) is 67.8 cm³/mol. The van der Waals surface area contributed by atoms with Gasteiger partial charge in [0.15, 0.2) is 0 Å². The van der Waals surface area contributed by atoms with E-state index in [0.29, 0.717) is 6.42 Å². The third-order valence-corrected chi connectivity index (χ3v) is 2.81. The standard InChI is InChI=1S/C15H22O2/c1-3-5-12-9-13(6-4-2)11-14(10-12)7-8-15(16)17/h9-11H,3-8H2,1-2H3,(H,16,17)/p-1. The van der Waals surface area contributed by atoms with Crippen LogP contribution in [0.1, 0.15) is 49.8 Å². The Morgan fingerprint density at radius 3 is 1.71 bits per heavy atom. The maximum atomic E-state index is 10.5. The first-order valence-electron chi connectivity index (χ1n) is 6.47. The van der Waals surface area contributed by atoms with Gasteiger partial charge in [0.25, 0.3) is 0 Å². The van der Waals surface area contributed by atoms with E-state index in [0.717, 1.165) is 31.2 Å². The molecule has 0 fully saturated rings. The fraction of sp³-hybridized carbons (Fsp3) is 0.533. The van der Waals surface area contributed by atoms with Crippen molar-refractivity contribution < 1.29 is 9.90 Å². The molecule has 0 N–H and O–H groups in total. The molecule has 0 aliphatic carbocycles. The highest BCUT2D eigenvalue weighted by molar-refractivity contribution is 5.64. The smallest absolute Gasteiger partial charge is 0.0417 e. The largest absolute Gasteiger partial charge is 0.550 e. The number of carbonyl (C=O) groups excluding carboxylic acids is 1. The molecule has 0 saturated carbocycles. The number of carboxylic acids is 1. The third-order valence-electron chi connectivity index (χ3n) is 2.81. The van der Waals surface area contributed by atoms with E-state index in [9.17, 15) is 9.90 Å². The highest BCUT2D eigenvalue weighted by atomic mass is 16.4. The minimum Gasteiger partial charge on any atom is -0.550 e. The third kappa shape index (κ3) is 5.03. The van der Waals surface area contributed by atoms with Crippen molar-refractivity contribution in [3.05, 3.63) is 34.9 Å². The van der Waals surface area contributed by atoms with Crippen LogP contribution >= 0.6 is 0 Å². The summed E-state index contributed by atoms with van der Waals surface area (Å²) in [5, 5.41) is 10.5. The molecule has 17 heavy (non-hydrogen) atoms.